The maximum absolute atomic E-state index is 10.8. The standard InChI is InChI=1S/C11H13ClO2/c1-3-8(2)14-10-6-4-9(5-7-10)11(12)13/h4-8H,3H2,1-2H3/t8-/m0/s1. The minimum absolute atomic E-state index is 0.188. The van der Waals surface area contributed by atoms with Crippen molar-refractivity contribution in [2.24, 2.45) is 0 Å². The zero-order valence-electron chi connectivity index (χ0n) is 8.29. The summed E-state index contributed by atoms with van der Waals surface area (Å²) < 4.78 is 5.54. The molecule has 0 aliphatic rings. The number of carbonyl (C=O) groups is 1. The summed E-state index contributed by atoms with van der Waals surface area (Å²) in [6, 6.07) is 6.82. The van der Waals surface area contributed by atoms with Crippen molar-refractivity contribution in [3.05, 3.63) is 29.8 Å². The van der Waals surface area contributed by atoms with Crippen molar-refractivity contribution in [3.8, 4) is 5.75 Å². The molecule has 0 bridgehead atoms. The number of ether oxygens (including phenoxy) is 1. The molecule has 0 N–H and O–H groups in total. The molecule has 1 atom stereocenters. The predicted molar refractivity (Wildman–Crippen MR) is 57.0 cm³/mol. The lowest BCUT2D eigenvalue weighted by Gasteiger charge is -2.12. The molecule has 0 spiro atoms. The van der Waals surface area contributed by atoms with Crippen molar-refractivity contribution in [3.63, 3.8) is 0 Å². The summed E-state index contributed by atoms with van der Waals surface area (Å²) in [7, 11) is 0. The fourth-order valence-electron chi connectivity index (χ4n) is 0.980. The molecule has 0 aliphatic carbocycles. The van der Waals surface area contributed by atoms with Gasteiger partial charge in [-0.05, 0) is 49.2 Å². The van der Waals surface area contributed by atoms with Crippen LogP contribution in [-0.4, -0.2) is 11.3 Å². The molecule has 0 saturated carbocycles. The highest BCUT2D eigenvalue weighted by Gasteiger charge is 2.03. The van der Waals surface area contributed by atoms with Crippen LogP contribution in [0.2, 0.25) is 0 Å². The first-order valence-electron chi connectivity index (χ1n) is 4.60. The molecule has 0 aromatic heterocycles. The van der Waals surface area contributed by atoms with E-state index in [0.29, 0.717) is 5.56 Å². The van der Waals surface area contributed by atoms with Crippen LogP contribution in [0.25, 0.3) is 0 Å². The predicted octanol–water partition coefficient (Wildman–Crippen LogP) is 3.24. The lowest BCUT2D eigenvalue weighted by atomic mass is 10.2. The van der Waals surface area contributed by atoms with Crippen molar-refractivity contribution in [2.75, 3.05) is 0 Å². The van der Waals surface area contributed by atoms with E-state index in [0.717, 1.165) is 12.2 Å². The number of rotatable bonds is 4. The molecule has 0 saturated heterocycles. The quantitative estimate of drug-likeness (QED) is 0.717. The highest BCUT2D eigenvalue weighted by atomic mass is 35.5. The van der Waals surface area contributed by atoms with Gasteiger partial charge < -0.3 is 4.74 Å². The molecule has 1 rings (SSSR count). The van der Waals surface area contributed by atoms with Crippen LogP contribution in [0.1, 0.15) is 30.6 Å². The molecule has 1 aromatic carbocycles. The summed E-state index contributed by atoms with van der Waals surface area (Å²) in [5.74, 6) is 0.765. The van der Waals surface area contributed by atoms with Gasteiger partial charge in [0.2, 0.25) is 0 Å². The molecular weight excluding hydrogens is 200 g/mol. The lowest BCUT2D eigenvalue weighted by molar-refractivity contribution is 0.108. The van der Waals surface area contributed by atoms with Crippen molar-refractivity contribution in [1.82, 2.24) is 0 Å². The van der Waals surface area contributed by atoms with Crippen LogP contribution in [0, 0.1) is 0 Å². The Bertz CT molecular complexity index is 306. The Morgan fingerprint density at radius 3 is 2.43 bits per heavy atom. The van der Waals surface area contributed by atoms with Gasteiger partial charge in [-0.3, -0.25) is 4.79 Å². The highest BCUT2D eigenvalue weighted by Crippen LogP contribution is 2.15. The topological polar surface area (TPSA) is 26.3 Å². The van der Waals surface area contributed by atoms with Crippen LogP contribution in [-0.2, 0) is 0 Å². The highest BCUT2D eigenvalue weighted by molar-refractivity contribution is 6.67. The van der Waals surface area contributed by atoms with Gasteiger partial charge in [0.15, 0.2) is 0 Å². The van der Waals surface area contributed by atoms with Crippen LogP contribution in [0.4, 0.5) is 0 Å². The van der Waals surface area contributed by atoms with Crippen molar-refractivity contribution < 1.29 is 9.53 Å². The molecule has 0 unspecified atom stereocenters. The fourth-order valence-corrected chi connectivity index (χ4v) is 1.11. The van der Waals surface area contributed by atoms with E-state index in [-0.39, 0.29) is 6.10 Å². The minimum Gasteiger partial charge on any atom is -0.491 e. The van der Waals surface area contributed by atoms with Gasteiger partial charge in [0.1, 0.15) is 5.75 Å². The van der Waals surface area contributed by atoms with E-state index >= 15 is 0 Å². The molecule has 0 aliphatic heterocycles. The minimum atomic E-state index is -0.444. The summed E-state index contributed by atoms with van der Waals surface area (Å²) in [5, 5.41) is -0.444. The Morgan fingerprint density at radius 2 is 2.00 bits per heavy atom. The average Bonchev–Trinajstić information content (AvgIpc) is 2.18. The summed E-state index contributed by atoms with van der Waals surface area (Å²) in [6.07, 6.45) is 1.14. The molecule has 0 radical (unpaired) electrons. The van der Waals surface area contributed by atoms with Gasteiger partial charge in [-0.25, -0.2) is 0 Å². The normalized spacial score (nSPS) is 12.2. The first-order valence-corrected chi connectivity index (χ1v) is 4.97. The second kappa shape index (κ2) is 5.01. The Kier molecular flexibility index (Phi) is 3.96. The van der Waals surface area contributed by atoms with Gasteiger partial charge in [-0.1, -0.05) is 6.92 Å². The molecule has 0 heterocycles. The summed E-state index contributed by atoms with van der Waals surface area (Å²) in [6.45, 7) is 4.06. The summed E-state index contributed by atoms with van der Waals surface area (Å²) >= 11 is 5.31. The van der Waals surface area contributed by atoms with E-state index < -0.39 is 5.24 Å². The van der Waals surface area contributed by atoms with E-state index in [4.69, 9.17) is 16.3 Å². The summed E-state index contributed by atoms with van der Waals surface area (Å²) in [5.41, 5.74) is 0.489. The number of hydrogen-bond donors (Lipinski definition) is 0. The van der Waals surface area contributed by atoms with E-state index in [1.165, 1.54) is 0 Å². The Morgan fingerprint density at radius 1 is 1.43 bits per heavy atom. The average molecular weight is 213 g/mol. The Balaban J connectivity index is 2.68. The molecule has 14 heavy (non-hydrogen) atoms. The smallest absolute Gasteiger partial charge is 0.252 e. The lowest BCUT2D eigenvalue weighted by Crippen LogP contribution is -2.09. The van der Waals surface area contributed by atoms with E-state index in [1.54, 1.807) is 24.3 Å². The van der Waals surface area contributed by atoms with E-state index in [1.807, 2.05) is 6.92 Å². The number of hydrogen-bond acceptors (Lipinski definition) is 2. The number of halogens is 1. The van der Waals surface area contributed by atoms with Crippen LogP contribution in [0.5, 0.6) is 5.75 Å². The monoisotopic (exact) mass is 212 g/mol. The van der Waals surface area contributed by atoms with Crippen LogP contribution >= 0.6 is 11.6 Å². The molecular formula is C11H13ClO2. The first-order chi connectivity index (χ1) is 6.63. The molecule has 0 amide bonds. The summed E-state index contributed by atoms with van der Waals surface area (Å²) in [4.78, 5) is 10.8. The molecule has 2 nitrogen and oxygen atoms in total. The Labute approximate surface area is 88.8 Å². The molecule has 3 heteroatoms. The third kappa shape index (κ3) is 3.04. The molecule has 76 valence electrons. The third-order valence-corrected chi connectivity index (χ3v) is 2.21. The van der Waals surface area contributed by atoms with Crippen molar-refractivity contribution in [1.29, 1.82) is 0 Å². The second-order valence-electron chi connectivity index (χ2n) is 3.13. The molecule has 1 aromatic rings. The largest absolute Gasteiger partial charge is 0.491 e. The van der Waals surface area contributed by atoms with Gasteiger partial charge in [-0.2, -0.15) is 0 Å². The van der Waals surface area contributed by atoms with Crippen molar-refractivity contribution in [2.45, 2.75) is 26.4 Å². The SMILES string of the molecule is CC[C@H](C)Oc1ccc(C(=O)Cl)cc1. The maximum atomic E-state index is 10.8. The van der Waals surface area contributed by atoms with Crippen LogP contribution < -0.4 is 4.74 Å². The zero-order valence-corrected chi connectivity index (χ0v) is 9.04. The first kappa shape index (κ1) is 11.1. The Hall–Kier alpha value is -1.02. The van der Waals surface area contributed by atoms with Crippen LogP contribution in [0.3, 0.4) is 0 Å². The maximum Gasteiger partial charge on any atom is 0.252 e. The van der Waals surface area contributed by atoms with Crippen molar-refractivity contribution >= 4 is 16.8 Å². The van der Waals surface area contributed by atoms with Gasteiger partial charge in [0.25, 0.3) is 5.24 Å². The fraction of sp³-hybridized carbons (Fsp3) is 0.364. The van der Waals surface area contributed by atoms with Gasteiger partial charge >= 0.3 is 0 Å². The van der Waals surface area contributed by atoms with Gasteiger partial charge in [0, 0.05) is 5.56 Å². The van der Waals surface area contributed by atoms with Crippen LogP contribution in [0.15, 0.2) is 24.3 Å². The second-order valence-corrected chi connectivity index (χ2v) is 3.48. The molecule has 0 fully saturated rings. The zero-order chi connectivity index (χ0) is 10.6. The number of carbonyl (C=O) groups excluding carboxylic acids is 1. The third-order valence-electron chi connectivity index (χ3n) is 1.99. The van der Waals surface area contributed by atoms with E-state index in [2.05, 4.69) is 6.92 Å². The van der Waals surface area contributed by atoms with E-state index in [9.17, 15) is 4.79 Å². The van der Waals surface area contributed by atoms with Gasteiger partial charge in [-0.15, -0.1) is 0 Å². The number of benzene rings is 1. The van der Waals surface area contributed by atoms with Gasteiger partial charge in [0.05, 0.1) is 6.10 Å².